The van der Waals surface area contributed by atoms with Crippen LogP contribution in [0.15, 0.2) is 60.7 Å². The van der Waals surface area contributed by atoms with Gasteiger partial charge in [0.2, 0.25) is 0 Å². The molecular formula is C35H42N2O14Se. The normalized spacial score (nSPS) is 20.5. The van der Waals surface area contributed by atoms with Crippen LogP contribution < -0.4 is 15.1 Å². The zero-order valence-electron chi connectivity index (χ0n) is 29.3. The second-order valence-corrected chi connectivity index (χ2v) is 14.3. The summed E-state index contributed by atoms with van der Waals surface area (Å²) in [6.45, 7) is 4.51. The summed E-state index contributed by atoms with van der Waals surface area (Å²) in [5, 5.41) is 5.16. The Kier molecular flexibility index (Phi) is 16.1. The fourth-order valence-electron chi connectivity index (χ4n) is 5.21. The van der Waals surface area contributed by atoms with E-state index in [1.807, 2.05) is 6.07 Å². The van der Waals surface area contributed by atoms with Gasteiger partial charge in [0.15, 0.2) is 0 Å². The topological polar surface area (TPSA) is 208 Å². The Morgan fingerprint density at radius 2 is 1.44 bits per heavy atom. The van der Waals surface area contributed by atoms with E-state index in [0.29, 0.717) is 4.46 Å². The van der Waals surface area contributed by atoms with E-state index in [1.54, 1.807) is 54.6 Å². The standard InChI is InChI=1S/C35H42N2O14Se/c1-21(38)37-30-28(48-23(3)40)18-35(52-27-14-10-7-11-15-27,33(43)45-17-16-36-34(44)47-19-26-12-8-6-9-13-26)51-32(30)31(50-25(5)42)29(49-24(4)41)20-46-22(2)39/h6-15,28-32H,16-20H2,1-5H3,(H,36,44)(H,37,38)/t28-,29+,30+,31+,32+,35-/m0/s1. The van der Waals surface area contributed by atoms with E-state index in [2.05, 4.69) is 10.6 Å². The molecule has 0 radical (unpaired) electrons. The quantitative estimate of drug-likeness (QED) is 0.105. The number of nitrogens with one attached hydrogen (secondary N) is 2. The Hall–Kier alpha value is -4.99. The number of benzene rings is 2. The molecule has 2 N–H and O–H groups in total. The van der Waals surface area contributed by atoms with Gasteiger partial charge in [-0.1, -0.05) is 6.07 Å². The monoisotopic (exact) mass is 794 g/mol. The van der Waals surface area contributed by atoms with Crippen LogP contribution in [0.2, 0.25) is 0 Å². The van der Waals surface area contributed by atoms with Crippen LogP contribution in [0.4, 0.5) is 4.79 Å². The van der Waals surface area contributed by atoms with Crippen molar-refractivity contribution in [2.45, 2.75) is 82.6 Å². The third-order valence-corrected chi connectivity index (χ3v) is 9.81. The van der Waals surface area contributed by atoms with Crippen LogP contribution in [-0.2, 0) is 68.5 Å². The Morgan fingerprint density at radius 3 is 2.02 bits per heavy atom. The Morgan fingerprint density at radius 1 is 0.808 bits per heavy atom. The average molecular weight is 794 g/mol. The molecule has 2 amide bonds. The molecule has 282 valence electrons. The summed E-state index contributed by atoms with van der Waals surface area (Å²) in [4.78, 5) is 88.1. The van der Waals surface area contributed by atoms with Crippen molar-refractivity contribution in [3.05, 3.63) is 66.2 Å². The summed E-state index contributed by atoms with van der Waals surface area (Å²) < 4.78 is 38.0. The van der Waals surface area contributed by atoms with Crippen LogP contribution in [-0.4, -0.2) is 112 Å². The molecule has 1 heterocycles. The number of amides is 2. The van der Waals surface area contributed by atoms with Crippen LogP contribution in [0.3, 0.4) is 0 Å². The fourth-order valence-corrected chi connectivity index (χ4v) is 7.77. The predicted octanol–water partition coefficient (Wildman–Crippen LogP) is 0.834. The van der Waals surface area contributed by atoms with Crippen molar-refractivity contribution in [3.63, 3.8) is 0 Å². The summed E-state index contributed by atoms with van der Waals surface area (Å²) in [5.41, 5.74) is 0.772. The van der Waals surface area contributed by atoms with Gasteiger partial charge in [0, 0.05) is 0 Å². The van der Waals surface area contributed by atoms with Crippen molar-refractivity contribution >= 4 is 61.3 Å². The van der Waals surface area contributed by atoms with Crippen molar-refractivity contribution in [1.82, 2.24) is 10.6 Å². The number of hydrogen-bond donors (Lipinski definition) is 2. The first-order valence-corrected chi connectivity index (χ1v) is 17.9. The van der Waals surface area contributed by atoms with E-state index in [4.69, 9.17) is 33.2 Å². The first-order valence-electron chi connectivity index (χ1n) is 16.1. The van der Waals surface area contributed by atoms with E-state index in [1.165, 1.54) is 6.92 Å². The number of rotatable bonds is 16. The number of esters is 5. The average Bonchev–Trinajstić information content (AvgIpc) is 3.07. The van der Waals surface area contributed by atoms with Gasteiger partial charge in [-0.2, -0.15) is 0 Å². The minimum absolute atomic E-state index is 0.0205. The molecule has 2 aromatic rings. The minimum atomic E-state index is -1.93. The van der Waals surface area contributed by atoms with Gasteiger partial charge >= 0.3 is 301 Å². The molecule has 6 atom stereocenters. The SMILES string of the molecule is CC(=O)N[C@H]1[C@H]([C@H](OC(C)=O)[C@@H](COC(C)=O)OC(C)=O)O[C@@]([Se]c2ccccc2)(C(=O)OCCNC(=O)OCc2ccccc2)C[C@@H]1OC(C)=O. The van der Waals surface area contributed by atoms with Crippen molar-refractivity contribution in [2.24, 2.45) is 0 Å². The van der Waals surface area contributed by atoms with Gasteiger partial charge in [-0.25, -0.2) is 0 Å². The maximum absolute atomic E-state index is 14.2. The molecule has 2 aromatic carbocycles. The van der Waals surface area contributed by atoms with Gasteiger partial charge in [0.25, 0.3) is 0 Å². The number of carbonyl (C=O) groups is 7. The van der Waals surface area contributed by atoms with Gasteiger partial charge in [-0.3, -0.25) is 0 Å². The van der Waals surface area contributed by atoms with Gasteiger partial charge in [-0.15, -0.1) is 0 Å². The van der Waals surface area contributed by atoms with Crippen molar-refractivity contribution < 1.29 is 66.7 Å². The molecule has 0 unspecified atom stereocenters. The molecule has 1 saturated heterocycles. The third kappa shape index (κ3) is 13.3. The molecule has 0 spiro atoms. The second kappa shape index (κ2) is 20.2. The number of carbonyl (C=O) groups excluding carboxylic acids is 7. The van der Waals surface area contributed by atoms with Crippen LogP contribution >= 0.6 is 0 Å². The van der Waals surface area contributed by atoms with Crippen molar-refractivity contribution in [2.75, 3.05) is 19.8 Å². The molecule has 1 aliphatic rings. The number of hydrogen-bond acceptors (Lipinski definition) is 14. The number of alkyl carbamates (subject to hydrolysis) is 1. The van der Waals surface area contributed by atoms with Gasteiger partial charge < -0.3 is 0 Å². The van der Waals surface area contributed by atoms with Crippen LogP contribution in [0.5, 0.6) is 0 Å². The molecular weight excluding hydrogens is 751 g/mol. The molecule has 3 rings (SSSR count). The Labute approximate surface area is 306 Å². The summed E-state index contributed by atoms with van der Waals surface area (Å²) in [6.07, 6.45) is -7.06. The maximum atomic E-state index is 14.2. The van der Waals surface area contributed by atoms with E-state index in [9.17, 15) is 33.6 Å². The van der Waals surface area contributed by atoms with Crippen LogP contribution in [0, 0.1) is 0 Å². The van der Waals surface area contributed by atoms with E-state index >= 15 is 0 Å². The fraction of sp³-hybridized carbons (Fsp3) is 0.457. The first-order chi connectivity index (χ1) is 24.7. The zero-order valence-corrected chi connectivity index (χ0v) is 31.0. The van der Waals surface area contributed by atoms with Gasteiger partial charge in [-0.05, 0) is 0 Å². The Balaban J connectivity index is 2.01. The summed E-state index contributed by atoms with van der Waals surface area (Å²) in [5.74, 6) is -4.76. The molecule has 17 heteroatoms. The van der Waals surface area contributed by atoms with Crippen molar-refractivity contribution in [3.8, 4) is 0 Å². The molecule has 1 aliphatic heterocycles. The predicted molar refractivity (Wildman–Crippen MR) is 181 cm³/mol. The molecule has 0 bridgehead atoms. The molecule has 0 aromatic heterocycles. The molecule has 52 heavy (non-hydrogen) atoms. The molecule has 16 nitrogen and oxygen atoms in total. The molecule has 1 fully saturated rings. The van der Waals surface area contributed by atoms with Crippen LogP contribution in [0.1, 0.15) is 46.6 Å². The second-order valence-electron chi connectivity index (χ2n) is 11.5. The zero-order chi connectivity index (χ0) is 38.3. The Bertz CT molecular complexity index is 1560. The third-order valence-electron chi connectivity index (χ3n) is 7.15. The van der Waals surface area contributed by atoms with Gasteiger partial charge in [0.05, 0.1) is 0 Å². The molecule has 0 aliphatic carbocycles. The number of ether oxygens (including phenoxy) is 7. The first kappa shape index (κ1) is 41.4. The van der Waals surface area contributed by atoms with Gasteiger partial charge in [0.1, 0.15) is 0 Å². The van der Waals surface area contributed by atoms with Crippen molar-refractivity contribution in [1.29, 1.82) is 0 Å². The van der Waals surface area contributed by atoms with E-state index in [0.717, 1.165) is 33.3 Å². The molecule has 0 saturated carbocycles. The van der Waals surface area contributed by atoms with E-state index < -0.39 is 98.4 Å². The van der Waals surface area contributed by atoms with Crippen LogP contribution in [0.25, 0.3) is 0 Å². The summed E-state index contributed by atoms with van der Waals surface area (Å²) >= 11 is -0.960. The van der Waals surface area contributed by atoms with E-state index in [-0.39, 0.29) is 26.2 Å². The summed E-state index contributed by atoms with van der Waals surface area (Å²) in [6, 6.07) is 16.4. The summed E-state index contributed by atoms with van der Waals surface area (Å²) in [7, 11) is 0.